The Morgan fingerprint density at radius 3 is 2.57 bits per heavy atom. The van der Waals surface area contributed by atoms with Gasteiger partial charge >= 0.3 is 0 Å². The van der Waals surface area contributed by atoms with Crippen LogP contribution >= 0.6 is 11.6 Å². The predicted octanol–water partition coefficient (Wildman–Crippen LogP) is 5.08. The fourth-order valence-electron chi connectivity index (χ4n) is 2.87. The summed E-state index contributed by atoms with van der Waals surface area (Å²) < 4.78 is 41.3. The summed E-state index contributed by atoms with van der Waals surface area (Å²) in [5.41, 5.74) is -0.148. The van der Waals surface area contributed by atoms with Gasteiger partial charge in [-0.05, 0) is 48.5 Å². The van der Waals surface area contributed by atoms with Crippen LogP contribution in [0.2, 0.25) is 5.02 Å². The van der Waals surface area contributed by atoms with Crippen LogP contribution in [-0.4, -0.2) is 25.6 Å². The first-order valence-electron chi connectivity index (χ1n) is 8.56. The lowest BCUT2D eigenvalue weighted by Gasteiger charge is -2.09. The highest BCUT2D eigenvalue weighted by Gasteiger charge is 2.22. The summed E-state index contributed by atoms with van der Waals surface area (Å²) in [6, 6.07) is 10.3. The van der Waals surface area contributed by atoms with Gasteiger partial charge < -0.3 is 10.4 Å². The molecule has 2 heterocycles. The molecule has 0 fully saturated rings. The lowest BCUT2D eigenvalue weighted by Crippen LogP contribution is -2.13. The molecule has 0 radical (unpaired) electrons. The predicted molar refractivity (Wildman–Crippen MR) is 104 cm³/mol. The van der Waals surface area contributed by atoms with Crippen LogP contribution in [0.1, 0.15) is 22.5 Å². The molecule has 4 aromatic rings. The number of phenols is 1. The standard InChI is InChI=1S/C20H12ClF3N4O2/c21-11-3-6-17(29)15(7-11)27-20(30)13-9-25-28-16(18(23)24)8-14(26-19(13)28)10-1-4-12(22)5-2-10/h1-9,18,29H,(H,27,30). The SMILES string of the molecule is O=C(Nc1cc(Cl)ccc1O)c1cnn2c(C(F)F)cc(-c3ccc(F)cc3)nc12. The number of alkyl halides is 2. The Bertz CT molecular complexity index is 1260. The normalized spacial score (nSPS) is 11.2. The summed E-state index contributed by atoms with van der Waals surface area (Å²) in [6.07, 6.45) is -1.80. The van der Waals surface area contributed by atoms with Crippen molar-refractivity contribution < 1.29 is 23.1 Å². The van der Waals surface area contributed by atoms with Crippen molar-refractivity contribution >= 4 is 28.8 Å². The van der Waals surface area contributed by atoms with Gasteiger partial charge in [-0.2, -0.15) is 5.10 Å². The molecule has 0 atom stereocenters. The number of aromatic nitrogens is 3. The number of hydrogen-bond acceptors (Lipinski definition) is 4. The van der Waals surface area contributed by atoms with E-state index in [1.54, 1.807) is 0 Å². The Morgan fingerprint density at radius 1 is 1.13 bits per heavy atom. The van der Waals surface area contributed by atoms with Crippen molar-refractivity contribution in [3.05, 3.63) is 76.8 Å². The number of anilines is 1. The van der Waals surface area contributed by atoms with Crippen molar-refractivity contribution in [2.75, 3.05) is 5.32 Å². The Hall–Kier alpha value is -3.59. The van der Waals surface area contributed by atoms with Gasteiger partial charge in [0.05, 0.1) is 17.6 Å². The second kappa shape index (κ2) is 7.68. The van der Waals surface area contributed by atoms with Crippen molar-refractivity contribution in [3.63, 3.8) is 0 Å². The maximum atomic E-state index is 13.6. The van der Waals surface area contributed by atoms with Crippen LogP contribution in [0.3, 0.4) is 0 Å². The van der Waals surface area contributed by atoms with Gasteiger partial charge in [0.2, 0.25) is 0 Å². The number of benzene rings is 2. The van der Waals surface area contributed by atoms with Crippen LogP contribution in [0.5, 0.6) is 5.75 Å². The fourth-order valence-corrected chi connectivity index (χ4v) is 3.04. The fraction of sp³-hybridized carbons (Fsp3) is 0.0500. The molecular formula is C20H12ClF3N4O2. The Balaban J connectivity index is 1.81. The van der Waals surface area contributed by atoms with E-state index in [-0.39, 0.29) is 33.4 Å². The van der Waals surface area contributed by atoms with Crippen LogP contribution < -0.4 is 5.32 Å². The average molecular weight is 433 g/mol. The molecule has 4 rings (SSSR count). The molecule has 2 N–H and O–H groups in total. The van der Waals surface area contributed by atoms with Crippen molar-refractivity contribution in [1.82, 2.24) is 14.6 Å². The van der Waals surface area contributed by atoms with E-state index in [0.29, 0.717) is 5.56 Å². The molecule has 30 heavy (non-hydrogen) atoms. The Labute approximate surface area is 172 Å². The number of carbonyl (C=O) groups is 1. The molecule has 152 valence electrons. The van der Waals surface area contributed by atoms with Gasteiger partial charge in [0.15, 0.2) is 5.65 Å². The van der Waals surface area contributed by atoms with Crippen LogP contribution in [-0.2, 0) is 0 Å². The molecule has 0 aliphatic heterocycles. The molecule has 1 amide bonds. The van der Waals surface area contributed by atoms with Gasteiger partial charge in [-0.15, -0.1) is 0 Å². The Morgan fingerprint density at radius 2 is 1.87 bits per heavy atom. The second-order valence-corrected chi connectivity index (χ2v) is 6.72. The smallest absolute Gasteiger partial charge is 0.280 e. The largest absolute Gasteiger partial charge is 0.506 e. The van der Waals surface area contributed by atoms with Crippen LogP contribution in [0.4, 0.5) is 18.9 Å². The third kappa shape index (κ3) is 3.67. The first-order valence-corrected chi connectivity index (χ1v) is 8.94. The third-order valence-electron chi connectivity index (χ3n) is 4.31. The van der Waals surface area contributed by atoms with Gasteiger partial charge in [0.1, 0.15) is 22.8 Å². The molecule has 6 nitrogen and oxygen atoms in total. The first-order chi connectivity index (χ1) is 14.3. The molecule has 2 aromatic heterocycles. The van der Waals surface area contributed by atoms with E-state index < -0.39 is 23.8 Å². The maximum absolute atomic E-state index is 13.6. The van der Waals surface area contributed by atoms with Crippen molar-refractivity contribution in [2.45, 2.75) is 6.43 Å². The first kappa shape index (κ1) is 19.7. The molecule has 10 heteroatoms. The van der Waals surface area contributed by atoms with E-state index in [0.717, 1.165) is 16.8 Å². The molecular weight excluding hydrogens is 421 g/mol. The van der Waals surface area contributed by atoms with E-state index in [9.17, 15) is 23.1 Å². The number of halogens is 4. The minimum absolute atomic E-state index is 0.0376. The lowest BCUT2D eigenvalue weighted by molar-refractivity contribution is 0.102. The number of carbonyl (C=O) groups excluding carboxylic acids is 1. The van der Waals surface area contributed by atoms with Gasteiger partial charge in [-0.25, -0.2) is 22.7 Å². The molecule has 0 unspecified atom stereocenters. The molecule has 0 saturated heterocycles. The van der Waals surface area contributed by atoms with E-state index in [4.69, 9.17) is 11.6 Å². The van der Waals surface area contributed by atoms with E-state index in [2.05, 4.69) is 15.4 Å². The van der Waals surface area contributed by atoms with Crippen molar-refractivity contribution in [1.29, 1.82) is 0 Å². The van der Waals surface area contributed by atoms with E-state index in [1.807, 2.05) is 0 Å². The minimum Gasteiger partial charge on any atom is -0.506 e. The quantitative estimate of drug-likeness (QED) is 0.440. The van der Waals surface area contributed by atoms with Crippen molar-refractivity contribution in [3.8, 4) is 17.0 Å². The number of rotatable bonds is 4. The second-order valence-electron chi connectivity index (χ2n) is 6.28. The molecule has 0 aliphatic rings. The summed E-state index contributed by atoms with van der Waals surface area (Å²) in [5, 5.41) is 16.5. The van der Waals surface area contributed by atoms with Gasteiger partial charge in [0.25, 0.3) is 12.3 Å². The molecule has 0 aliphatic carbocycles. The van der Waals surface area contributed by atoms with E-state index >= 15 is 0 Å². The Kier molecular flexibility index (Phi) is 5.04. The minimum atomic E-state index is -2.90. The van der Waals surface area contributed by atoms with Crippen LogP contribution in [0.25, 0.3) is 16.9 Å². The summed E-state index contributed by atoms with van der Waals surface area (Å²) in [5.74, 6) is -1.44. The zero-order chi connectivity index (χ0) is 21.4. The zero-order valence-electron chi connectivity index (χ0n) is 15.0. The van der Waals surface area contributed by atoms with Gasteiger partial charge in [-0.3, -0.25) is 4.79 Å². The van der Waals surface area contributed by atoms with Gasteiger partial charge in [-0.1, -0.05) is 11.6 Å². The van der Waals surface area contributed by atoms with Crippen LogP contribution in [0.15, 0.2) is 54.7 Å². The molecule has 0 bridgehead atoms. The zero-order valence-corrected chi connectivity index (χ0v) is 15.7. The number of nitrogens with zero attached hydrogens (tertiary/aromatic N) is 3. The lowest BCUT2D eigenvalue weighted by atomic mass is 10.1. The highest BCUT2D eigenvalue weighted by molar-refractivity contribution is 6.31. The topological polar surface area (TPSA) is 79.5 Å². The third-order valence-corrected chi connectivity index (χ3v) is 4.55. The number of fused-ring (bicyclic) bond motifs is 1. The summed E-state index contributed by atoms with van der Waals surface area (Å²) >= 11 is 5.87. The number of aromatic hydroxyl groups is 1. The number of phenolic OH excluding ortho intramolecular Hbond substituents is 1. The van der Waals surface area contributed by atoms with Crippen molar-refractivity contribution in [2.24, 2.45) is 0 Å². The monoisotopic (exact) mass is 432 g/mol. The molecule has 0 saturated carbocycles. The number of amides is 1. The number of hydrogen-bond donors (Lipinski definition) is 2. The molecule has 0 spiro atoms. The summed E-state index contributed by atoms with van der Waals surface area (Å²) in [7, 11) is 0. The highest BCUT2D eigenvalue weighted by atomic mass is 35.5. The maximum Gasteiger partial charge on any atom is 0.280 e. The number of nitrogens with one attached hydrogen (secondary N) is 1. The molecule has 2 aromatic carbocycles. The van der Waals surface area contributed by atoms with Crippen LogP contribution in [0, 0.1) is 5.82 Å². The summed E-state index contributed by atoms with van der Waals surface area (Å²) in [4.78, 5) is 17.0. The summed E-state index contributed by atoms with van der Waals surface area (Å²) in [6.45, 7) is 0. The van der Waals surface area contributed by atoms with E-state index in [1.165, 1.54) is 42.5 Å². The highest BCUT2D eigenvalue weighted by Crippen LogP contribution is 2.29. The average Bonchev–Trinajstić information content (AvgIpc) is 3.14. The van der Waals surface area contributed by atoms with Gasteiger partial charge in [0, 0.05) is 10.6 Å².